The number of fused-ring (bicyclic) bond motifs is 2. The van der Waals surface area contributed by atoms with E-state index in [-0.39, 0.29) is 0 Å². The first-order chi connectivity index (χ1) is 29.8. The summed E-state index contributed by atoms with van der Waals surface area (Å²) in [5.41, 5.74) is 21.0. The lowest BCUT2D eigenvalue weighted by molar-refractivity contribution is 1.45. The minimum Gasteiger partial charge on any atom is -0.355 e. The Hall–Kier alpha value is -7.94. The van der Waals surface area contributed by atoms with E-state index in [1.165, 1.54) is 66.4 Å². The zero-order valence-electron chi connectivity index (χ0n) is 32.9. The minimum absolute atomic E-state index is 1.11. The molecule has 0 aliphatic rings. The maximum atomic E-state index is 3.65. The molecule has 0 unspecified atom stereocenters. The van der Waals surface area contributed by atoms with Crippen molar-refractivity contribution in [3.8, 4) is 89.3 Å². The van der Waals surface area contributed by atoms with Gasteiger partial charge in [-0.15, -0.1) is 0 Å². The van der Waals surface area contributed by atoms with Gasteiger partial charge in [0.25, 0.3) is 0 Å². The largest absolute Gasteiger partial charge is 0.355 e. The van der Waals surface area contributed by atoms with E-state index in [1.54, 1.807) is 0 Å². The van der Waals surface area contributed by atoms with Gasteiger partial charge in [-0.2, -0.15) is 0 Å². The van der Waals surface area contributed by atoms with Crippen molar-refractivity contribution in [2.75, 3.05) is 0 Å². The second kappa shape index (κ2) is 15.1. The summed E-state index contributed by atoms with van der Waals surface area (Å²) < 4.78 is 0. The van der Waals surface area contributed by atoms with Crippen LogP contribution in [0.3, 0.4) is 0 Å². The van der Waals surface area contributed by atoms with Gasteiger partial charge in [0.1, 0.15) is 0 Å². The van der Waals surface area contributed by atoms with Gasteiger partial charge >= 0.3 is 0 Å². The number of hydrogen-bond acceptors (Lipinski definition) is 0. The second-order valence-corrected chi connectivity index (χ2v) is 15.4. The van der Waals surface area contributed by atoms with Gasteiger partial charge in [0, 0.05) is 33.2 Å². The van der Waals surface area contributed by atoms with Crippen LogP contribution in [0.2, 0.25) is 0 Å². The lowest BCUT2D eigenvalue weighted by Gasteiger charge is -2.29. The molecule has 0 saturated carbocycles. The fraction of sp³-hybridized carbons (Fsp3) is 0. The molecule has 0 amide bonds. The maximum absolute atomic E-state index is 3.65. The van der Waals surface area contributed by atoms with Gasteiger partial charge in [0.05, 0.1) is 0 Å². The van der Waals surface area contributed by atoms with E-state index in [9.17, 15) is 0 Å². The van der Waals surface area contributed by atoms with Crippen LogP contribution >= 0.6 is 0 Å². The molecule has 0 radical (unpaired) electrons. The molecule has 60 heavy (non-hydrogen) atoms. The van der Waals surface area contributed by atoms with Crippen molar-refractivity contribution in [2.45, 2.75) is 0 Å². The number of hydrogen-bond donors (Lipinski definition) is 2. The molecule has 2 heterocycles. The molecule has 2 nitrogen and oxygen atoms in total. The Bertz CT molecular complexity index is 2860. The highest BCUT2D eigenvalue weighted by Gasteiger charge is 2.29. The summed E-state index contributed by atoms with van der Waals surface area (Å²) in [5.74, 6) is 0. The highest BCUT2D eigenvalue weighted by molar-refractivity contribution is 6.15. The van der Waals surface area contributed by atoms with Gasteiger partial charge < -0.3 is 9.97 Å². The van der Waals surface area contributed by atoms with Crippen LogP contribution in [-0.2, 0) is 0 Å². The lowest BCUT2D eigenvalue weighted by atomic mass is 9.74. The van der Waals surface area contributed by atoms with Crippen molar-refractivity contribution >= 4 is 21.8 Å². The van der Waals surface area contributed by atoms with Crippen molar-refractivity contribution in [1.82, 2.24) is 9.97 Å². The molecule has 0 fully saturated rings. The summed E-state index contributed by atoms with van der Waals surface area (Å²) in [6.45, 7) is 0. The van der Waals surface area contributed by atoms with Gasteiger partial charge in [0.2, 0.25) is 0 Å². The van der Waals surface area contributed by atoms with Crippen LogP contribution in [-0.4, -0.2) is 9.97 Å². The van der Waals surface area contributed by atoms with Crippen molar-refractivity contribution in [1.29, 1.82) is 0 Å². The first-order valence-electron chi connectivity index (χ1n) is 20.6. The van der Waals surface area contributed by atoms with E-state index in [2.05, 4.69) is 240 Å². The van der Waals surface area contributed by atoms with Crippen LogP contribution in [0.15, 0.2) is 231 Å². The quantitative estimate of drug-likeness (QED) is 0.154. The third kappa shape index (κ3) is 6.32. The maximum Gasteiger partial charge on any atom is 0.0464 e. The number of aromatic amines is 2. The molecule has 2 N–H and O–H groups in total. The van der Waals surface area contributed by atoms with Crippen LogP contribution in [0.5, 0.6) is 0 Å². The van der Waals surface area contributed by atoms with E-state index >= 15 is 0 Å². The van der Waals surface area contributed by atoms with E-state index in [0.717, 1.165) is 44.7 Å². The van der Waals surface area contributed by atoms with Crippen LogP contribution in [0.4, 0.5) is 0 Å². The van der Waals surface area contributed by atoms with Crippen molar-refractivity contribution in [3.05, 3.63) is 231 Å². The van der Waals surface area contributed by atoms with E-state index < -0.39 is 0 Å². The third-order valence-corrected chi connectivity index (χ3v) is 11.8. The Balaban J connectivity index is 1.25. The SMILES string of the molecule is c1ccc(-c2c(-c3ccccc3)c(-c3ccc(-c4cc5ccccc5[nH]4)cc3)c(-c3ccccc3)c(-c3ccccc3)c2-c2ccc(-c3cc4ccccc4[nH]3)cc2)cc1. The summed E-state index contributed by atoms with van der Waals surface area (Å²) in [7, 11) is 0. The van der Waals surface area contributed by atoms with Crippen LogP contribution in [0, 0.1) is 0 Å². The molecular formula is C58H40N2. The average Bonchev–Trinajstić information content (AvgIpc) is 3.97. The molecule has 0 saturated heterocycles. The lowest BCUT2D eigenvalue weighted by Crippen LogP contribution is -2.02. The summed E-state index contributed by atoms with van der Waals surface area (Å²) in [6, 6.07) is 83.6. The molecule has 0 aliphatic heterocycles. The molecule has 0 atom stereocenters. The molecule has 0 aliphatic carbocycles. The normalized spacial score (nSPS) is 11.3. The number of benzene rings is 9. The molecule has 11 aromatic rings. The number of H-pyrrole nitrogens is 2. The molecule has 282 valence electrons. The van der Waals surface area contributed by atoms with Gasteiger partial charge in [-0.05, 0) is 102 Å². The van der Waals surface area contributed by atoms with Crippen LogP contribution < -0.4 is 0 Å². The molecule has 0 spiro atoms. The summed E-state index contributed by atoms with van der Waals surface area (Å²) in [6.07, 6.45) is 0. The highest BCUT2D eigenvalue weighted by Crippen LogP contribution is 2.56. The Morgan fingerprint density at radius 3 is 0.717 bits per heavy atom. The smallest absolute Gasteiger partial charge is 0.0464 e. The van der Waals surface area contributed by atoms with E-state index in [4.69, 9.17) is 0 Å². The monoisotopic (exact) mass is 764 g/mol. The van der Waals surface area contributed by atoms with Crippen molar-refractivity contribution in [2.24, 2.45) is 0 Å². The fourth-order valence-electron chi connectivity index (χ4n) is 8.99. The number of para-hydroxylation sites is 2. The van der Waals surface area contributed by atoms with Gasteiger partial charge in [-0.25, -0.2) is 0 Å². The highest BCUT2D eigenvalue weighted by atomic mass is 14.7. The summed E-state index contributed by atoms with van der Waals surface area (Å²) in [4.78, 5) is 7.30. The molecule has 2 heteroatoms. The second-order valence-electron chi connectivity index (χ2n) is 15.4. The zero-order valence-corrected chi connectivity index (χ0v) is 32.9. The Kier molecular flexibility index (Phi) is 8.87. The molecule has 2 aromatic heterocycles. The standard InChI is InChI=1S/C58H40N2/c1-5-17-41(18-6-1)53-54(42-19-7-2-8-20-42)58(46-35-31-40(32-36-46)52-38-48-26-14-16-28-50(48)60-52)56(44-23-11-4-12-24-44)55(43-21-9-3-10-22-43)57(53)45-33-29-39(30-34-45)51-37-47-25-13-15-27-49(47)59-51/h1-38,59-60H. The topological polar surface area (TPSA) is 31.6 Å². The van der Waals surface area contributed by atoms with E-state index in [1.807, 2.05) is 0 Å². The minimum atomic E-state index is 1.11. The first kappa shape index (κ1) is 35.2. The predicted molar refractivity (Wildman–Crippen MR) is 254 cm³/mol. The average molecular weight is 765 g/mol. The molecule has 11 rings (SSSR count). The van der Waals surface area contributed by atoms with Crippen molar-refractivity contribution < 1.29 is 0 Å². The summed E-state index contributed by atoms with van der Waals surface area (Å²) in [5, 5.41) is 2.42. The van der Waals surface area contributed by atoms with Gasteiger partial charge in [-0.3, -0.25) is 0 Å². The zero-order chi connectivity index (χ0) is 39.8. The van der Waals surface area contributed by atoms with Crippen molar-refractivity contribution in [3.63, 3.8) is 0 Å². The third-order valence-electron chi connectivity index (χ3n) is 11.8. The summed E-state index contributed by atoms with van der Waals surface area (Å²) >= 11 is 0. The molecule has 0 bridgehead atoms. The van der Waals surface area contributed by atoms with Gasteiger partial charge in [0.15, 0.2) is 0 Å². The molecular weight excluding hydrogens is 725 g/mol. The number of rotatable bonds is 8. The number of aromatic nitrogens is 2. The first-order valence-corrected chi connectivity index (χ1v) is 20.6. The van der Waals surface area contributed by atoms with Crippen LogP contribution in [0.25, 0.3) is 111 Å². The fourth-order valence-corrected chi connectivity index (χ4v) is 8.99. The Morgan fingerprint density at radius 2 is 0.433 bits per heavy atom. The molecule has 9 aromatic carbocycles. The van der Waals surface area contributed by atoms with Crippen LogP contribution in [0.1, 0.15) is 0 Å². The predicted octanol–water partition coefficient (Wildman–Crippen LogP) is 16.0. The Labute approximate surface area is 350 Å². The Morgan fingerprint density at radius 1 is 0.200 bits per heavy atom. The number of nitrogens with one attached hydrogen (secondary N) is 2. The van der Waals surface area contributed by atoms with Gasteiger partial charge in [-0.1, -0.05) is 206 Å². The van der Waals surface area contributed by atoms with E-state index in [0.29, 0.717) is 0 Å².